The van der Waals surface area contributed by atoms with Crippen molar-refractivity contribution in [1.29, 1.82) is 0 Å². The van der Waals surface area contributed by atoms with Gasteiger partial charge in [-0.15, -0.1) is 0 Å². The lowest BCUT2D eigenvalue weighted by atomic mass is 9.89. The average molecular weight is 209 g/mol. The Hall–Kier alpha value is -0.0800. The summed E-state index contributed by atoms with van der Waals surface area (Å²) in [6.07, 6.45) is 9.38. The van der Waals surface area contributed by atoms with Gasteiger partial charge in [-0.2, -0.15) is 0 Å². The number of ether oxygens (including phenoxy) is 1. The van der Waals surface area contributed by atoms with Gasteiger partial charge in [0.2, 0.25) is 0 Å². The SMILES string of the molecule is CCC(NCC1CC2CCC1O2)C1CC1. The summed E-state index contributed by atoms with van der Waals surface area (Å²) in [7, 11) is 0. The van der Waals surface area contributed by atoms with Crippen LogP contribution in [0.2, 0.25) is 0 Å². The van der Waals surface area contributed by atoms with E-state index in [0.717, 1.165) is 17.9 Å². The average Bonchev–Trinajstić information content (AvgIpc) is 2.89. The van der Waals surface area contributed by atoms with Gasteiger partial charge in [-0.25, -0.2) is 0 Å². The zero-order chi connectivity index (χ0) is 10.3. The van der Waals surface area contributed by atoms with E-state index in [1.165, 1.54) is 45.1 Å². The number of rotatable bonds is 5. The molecule has 2 heterocycles. The fourth-order valence-electron chi connectivity index (χ4n) is 3.40. The molecule has 3 fully saturated rings. The topological polar surface area (TPSA) is 21.3 Å². The molecular weight excluding hydrogens is 186 g/mol. The third-order valence-electron chi connectivity index (χ3n) is 4.50. The first-order valence-electron chi connectivity index (χ1n) is 6.75. The summed E-state index contributed by atoms with van der Waals surface area (Å²) in [5, 5.41) is 3.78. The van der Waals surface area contributed by atoms with Gasteiger partial charge < -0.3 is 10.1 Å². The highest BCUT2D eigenvalue weighted by atomic mass is 16.5. The Balaban J connectivity index is 1.45. The zero-order valence-electron chi connectivity index (χ0n) is 9.74. The van der Waals surface area contributed by atoms with Crippen LogP contribution in [0.3, 0.4) is 0 Å². The fraction of sp³-hybridized carbons (Fsp3) is 1.00. The lowest BCUT2D eigenvalue weighted by Gasteiger charge is -2.23. The summed E-state index contributed by atoms with van der Waals surface area (Å²) in [6.45, 7) is 3.52. The maximum atomic E-state index is 5.89. The minimum absolute atomic E-state index is 0.596. The molecule has 0 aromatic heterocycles. The molecule has 2 heteroatoms. The Morgan fingerprint density at radius 2 is 2.13 bits per heavy atom. The van der Waals surface area contributed by atoms with Crippen molar-refractivity contribution in [1.82, 2.24) is 5.32 Å². The van der Waals surface area contributed by atoms with E-state index in [2.05, 4.69) is 12.2 Å². The van der Waals surface area contributed by atoms with Crippen molar-refractivity contribution in [2.45, 2.75) is 63.7 Å². The molecule has 15 heavy (non-hydrogen) atoms. The van der Waals surface area contributed by atoms with Gasteiger partial charge in [0.25, 0.3) is 0 Å². The van der Waals surface area contributed by atoms with E-state index < -0.39 is 0 Å². The Kier molecular flexibility index (Phi) is 2.73. The normalized spacial score (nSPS) is 41.0. The molecule has 2 saturated heterocycles. The smallest absolute Gasteiger partial charge is 0.0621 e. The third-order valence-corrected chi connectivity index (χ3v) is 4.50. The van der Waals surface area contributed by atoms with Crippen molar-refractivity contribution < 1.29 is 4.74 Å². The maximum Gasteiger partial charge on any atom is 0.0621 e. The maximum absolute atomic E-state index is 5.89. The van der Waals surface area contributed by atoms with E-state index in [4.69, 9.17) is 4.74 Å². The molecule has 4 atom stereocenters. The van der Waals surface area contributed by atoms with Crippen molar-refractivity contribution in [3.05, 3.63) is 0 Å². The quantitative estimate of drug-likeness (QED) is 0.750. The van der Waals surface area contributed by atoms with Crippen LogP contribution in [-0.4, -0.2) is 24.8 Å². The molecule has 0 aromatic carbocycles. The lowest BCUT2D eigenvalue weighted by molar-refractivity contribution is 0.0918. The van der Waals surface area contributed by atoms with Crippen LogP contribution in [0.15, 0.2) is 0 Å². The molecule has 2 bridgehead atoms. The lowest BCUT2D eigenvalue weighted by Crippen LogP contribution is -2.37. The first-order valence-corrected chi connectivity index (χ1v) is 6.75. The van der Waals surface area contributed by atoms with E-state index in [0.29, 0.717) is 12.2 Å². The van der Waals surface area contributed by atoms with Gasteiger partial charge in [0.05, 0.1) is 12.2 Å². The van der Waals surface area contributed by atoms with Gasteiger partial charge in [0.15, 0.2) is 0 Å². The van der Waals surface area contributed by atoms with E-state index in [1.807, 2.05) is 0 Å². The Bertz CT molecular complexity index is 227. The minimum Gasteiger partial charge on any atom is -0.375 e. The van der Waals surface area contributed by atoms with Crippen LogP contribution in [0.5, 0.6) is 0 Å². The zero-order valence-corrected chi connectivity index (χ0v) is 9.74. The molecule has 1 aliphatic carbocycles. The van der Waals surface area contributed by atoms with Crippen LogP contribution in [0.25, 0.3) is 0 Å². The molecule has 3 rings (SSSR count). The molecule has 1 saturated carbocycles. The van der Waals surface area contributed by atoms with E-state index in [1.54, 1.807) is 0 Å². The standard InChI is InChI=1S/C13H23NO/c1-2-12(9-3-4-9)14-8-10-7-11-5-6-13(10)15-11/h9-14H,2-8H2,1H3. The van der Waals surface area contributed by atoms with Crippen molar-refractivity contribution in [3.8, 4) is 0 Å². The van der Waals surface area contributed by atoms with Crippen molar-refractivity contribution in [2.24, 2.45) is 11.8 Å². The van der Waals surface area contributed by atoms with Gasteiger partial charge in [-0.3, -0.25) is 0 Å². The van der Waals surface area contributed by atoms with Gasteiger partial charge in [-0.1, -0.05) is 6.92 Å². The summed E-state index contributed by atoms with van der Waals surface area (Å²) >= 11 is 0. The van der Waals surface area contributed by atoms with Gasteiger partial charge >= 0.3 is 0 Å². The van der Waals surface area contributed by atoms with Crippen LogP contribution >= 0.6 is 0 Å². The van der Waals surface area contributed by atoms with Crippen LogP contribution in [0.4, 0.5) is 0 Å². The second kappa shape index (κ2) is 4.06. The molecule has 1 N–H and O–H groups in total. The van der Waals surface area contributed by atoms with Gasteiger partial charge in [0.1, 0.15) is 0 Å². The molecule has 0 aromatic rings. The molecule has 0 spiro atoms. The molecular formula is C13H23NO. The Morgan fingerprint density at radius 3 is 2.67 bits per heavy atom. The number of hydrogen-bond acceptors (Lipinski definition) is 2. The van der Waals surface area contributed by atoms with Gasteiger partial charge in [0, 0.05) is 18.5 Å². The highest BCUT2D eigenvalue weighted by Crippen LogP contribution is 2.39. The predicted molar refractivity (Wildman–Crippen MR) is 60.8 cm³/mol. The highest BCUT2D eigenvalue weighted by molar-refractivity contribution is 4.92. The molecule has 3 aliphatic rings. The second-order valence-corrected chi connectivity index (χ2v) is 5.63. The molecule has 0 radical (unpaired) electrons. The summed E-state index contributed by atoms with van der Waals surface area (Å²) < 4.78 is 5.89. The third kappa shape index (κ3) is 2.07. The van der Waals surface area contributed by atoms with Crippen molar-refractivity contribution in [2.75, 3.05) is 6.54 Å². The molecule has 2 nitrogen and oxygen atoms in total. The van der Waals surface area contributed by atoms with E-state index >= 15 is 0 Å². The molecule has 4 unspecified atom stereocenters. The summed E-state index contributed by atoms with van der Waals surface area (Å²) in [5.41, 5.74) is 0. The predicted octanol–water partition coefficient (Wildman–Crippen LogP) is 2.33. The first kappa shape index (κ1) is 10.1. The number of nitrogens with one attached hydrogen (secondary N) is 1. The summed E-state index contributed by atoms with van der Waals surface area (Å²) in [4.78, 5) is 0. The van der Waals surface area contributed by atoms with E-state index in [-0.39, 0.29) is 0 Å². The molecule has 2 aliphatic heterocycles. The van der Waals surface area contributed by atoms with Crippen molar-refractivity contribution in [3.63, 3.8) is 0 Å². The monoisotopic (exact) mass is 209 g/mol. The number of fused-ring (bicyclic) bond motifs is 2. The van der Waals surface area contributed by atoms with E-state index in [9.17, 15) is 0 Å². The highest BCUT2D eigenvalue weighted by Gasteiger charge is 2.41. The Morgan fingerprint density at radius 1 is 1.27 bits per heavy atom. The summed E-state index contributed by atoms with van der Waals surface area (Å²) in [5.74, 6) is 1.81. The largest absolute Gasteiger partial charge is 0.375 e. The van der Waals surface area contributed by atoms with Gasteiger partial charge in [-0.05, 0) is 44.4 Å². The van der Waals surface area contributed by atoms with Crippen LogP contribution in [0, 0.1) is 11.8 Å². The second-order valence-electron chi connectivity index (χ2n) is 5.63. The number of hydrogen-bond donors (Lipinski definition) is 1. The molecule has 0 amide bonds. The first-order chi connectivity index (χ1) is 7.36. The Labute approximate surface area is 92.8 Å². The summed E-state index contributed by atoms with van der Waals surface area (Å²) in [6, 6.07) is 0.795. The minimum atomic E-state index is 0.596. The fourth-order valence-corrected chi connectivity index (χ4v) is 3.40. The van der Waals surface area contributed by atoms with Crippen LogP contribution in [0.1, 0.15) is 45.4 Å². The molecule has 86 valence electrons. The van der Waals surface area contributed by atoms with Crippen LogP contribution in [-0.2, 0) is 4.74 Å². The van der Waals surface area contributed by atoms with Crippen molar-refractivity contribution >= 4 is 0 Å². The van der Waals surface area contributed by atoms with Crippen LogP contribution < -0.4 is 5.32 Å².